The van der Waals surface area contributed by atoms with Gasteiger partial charge in [-0.05, 0) is 43.2 Å². The van der Waals surface area contributed by atoms with Crippen molar-refractivity contribution in [2.24, 2.45) is 0 Å². The number of thiazole rings is 1. The summed E-state index contributed by atoms with van der Waals surface area (Å²) in [5.41, 5.74) is 1.32. The van der Waals surface area contributed by atoms with E-state index in [9.17, 15) is 4.79 Å². The zero-order chi connectivity index (χ0) is 18.1. The standard InChI is InChI=1S/C19H16Cl2N2O2S/c20-13-8-12(9-14(21)10-13)18(24)23(11-15-4-3-7-25-15)19-22-16-5-1-2-6-17(16)26-19/h1-2,5-6,8-10,15H,3-4,7,11H2. The van der Waals surface area contributed by atoms with Gasteiger partial charge >= 0.3 is 0 Å². The topological polar surface area (TPSA) is 42.4 Å². The molecule has 1 aliphatic rings. The van der Waals surface area contributed by atoms with Gasteiger partial charge in [0.15, 0.2) is 5.13 Å². The number of anilines is 1. The van der Waals surface area contributed by atoms with Crippen LogP contribution in [-0.2, 0) is 4.74 Å². The molecule has 1 unspecified atom stereocenters. The zero-order valence-electron chi connectivity index (χ0n) is 13.8. The molecule has 1 aromatic heterocycles. The number of ether oxygens (including phenoxy) is 1. The summed E-state index contributed by atoms with van der Waals surface area (Å²) in [5, 5.41) is 1.52. The number of carbonyl (C=O) groups is 1. The Balaban J connectivity index is 1.72. The lowest BCUT2D eigenvalue weighted by molar-refractivity contribution is 0.0917. The Hall–Kier alpha value is -1.66. The lowest BCUT2D eigenvalue weighted by Gasteiger charge is -2.23. The Morgan fingerprint density at radius 1 is 1.23 bits per heavy atom. The van der Waals surface area contributed by atoms with Crippen molar-refractivity contribution in [1.82, 2.24) is 4.98 Å². The van der Waals surface area contributed by atoms with Gasteiger partial charge in [-0.25, -0.2) is 4.98 Å². The number of rotatable bonds is 4. The maximum absolute atomic E-state index is 13.2. The molecular weight excluding hydrogens is 391 g/mol. The van der Waals surface area contributed by atoms with Gasteiger partial charge in [-0.15, -0.1) is 0 Å². The highest BCUT2D eigenvalue weighted by Crippen LogP contribution is 2.31. The third-order valence-corrected chi connectivity index (χ3v) is 5.77. The van der Waals surface area contributed by atoms with Crippen molar-refractivity contribution < 1.29 is 9.53 Å². The number of nitrogens with zero attached hydrogens (tertiary/aromatic N) is 2. The number of fused-ring (bicyclic) bond motifs is 1. The van der Waals surface area contributed by atoms with Gasteiger partial charge in [0.05, 0.1) is 22.9 Å². The smallest absolute Gasteiger partial charge is 0.260 e. The molecule has 2 heterocycles. The molecule has 1 saturated heterocycles. The van der Waals surface area contributed by atoms with Gasteiger partial charge < -0.3 is 4.74 Å². The highest BCUT2D eigenvalue weighted by molar-refractivity contribution is 7.22. The van der Waals surface area contributed by atoms with Crippen LogP contribution in [0.15, 0.2) is 42.5 Å². The fourth-order valence-electron chi connectivity index (χ4n) is 3.05. The first-order valence-electron chi connectivity index (χ1n) is 8.35. The molecule has 7 heteroatoms. The van der Waals surface area contributed by atoms with Crippen LogP contribution >= 0.6 is 34.5 Å². The van der Waals surface area contributed by atoms with E-state index < -0.39 is 0 Å². The maximum atomic E-state index is 13.2. The van der Waals surface area contributed by atoms with Crippen LogP contribution in [0.1, 0.15) is 23.2 Å². The normalized spacial score (nSPS) is 16.9. The molecule has 0 saturated carbocycles. The fourth-order valence-corrected chi connectivity index (χ4v) is 4.55. The molecular formula is C19H16Cl2N2O2S. The molecule has 1 amide bonds. The van der Waals surface area contributed by atoms with Crippen molar-refractivity contribution in [3.8, 4) is 0 Å². The van der Waals surface area contributed by atoms with Gasteiger partial charge in [0.2, 0.25) is 0 Å². The Bertz CT molecular complexity index is 900. The van der Waals surface area contributed by atoms with E-state index in [1.807, 2.05) is 24.3 Å². The van der Waals surface area contributed by atoms with E-state index in [4.69, 9.17) is 27.9 Å². The molecule has 0 aliphatic carbocycles. The fraction of sp³-hybridized carbons (Fsp3) is 0.263. The molecule has 4 rings (SSSR count). The summed E-state index contributed by atoms with van der Waals surface area (Å²) in [6, 6.07) is 12.7. The minimum atomic E-state index is -0.177. The molecule has 1 atom stereocenters. The average Bonchev–Trinajstić information content (AvgIpc) is 3.27. The van der Waals surface area contributed by atoms with Gasteiger partial charge in [-0.1, -0.05) is 46.7 Å². The molecule has 4 nitrogen and oxygen atoms in total. The molecule has 2 aromatic carbocycles. The first kappa shape index (κ1) is 17.7. The van der Waals surface area contributed by atoms with Crippen LogP contribution in [-0.4, -0.2) is 30.1 Å². The summed E-state index contributed by atoms with van der Waals surface area (Å²) in [6.45, 7) is 1.19. The van der Waals surface area contributed by atoms with Gasteiger partial charge in [-0.2, -0.15) is 0 Å². The second-order valence-corrected chi connectivity index (χ2v) is 8.06. The molecule has 26 heavy (non-hydrogen) atoms. The first-order valence-corrected chi connectivity index (χ1v) is 9.92. The number of amides is 1. The number of carbonyl (C=O) groups excluding carboxylic acids is 1. The van der Waals surface area contributed by atoms with E-state index in [0.29, 0.717) is 27.3 Å². The highest BCUT2D eigenvalue weighted by atomic mass is 35.5. The van der Waals surface area contributed by atoms with Crippen LogP contribution in [0.5, 0.6) is 0 Å². The van der Waals surface area contributed by atoms with Crippen LogP contribution in [0.25, 0.3) is 10.2 Å². The largest absolute Gasteiger partial charge is 0.376 e. The summed E-state index contributed by atoms with van der Waals surface area (Å²) >= 11 is 13.7. The molecule has 0 bridgehead atoms. The van der Waals surface area contributed by atoms with Crippen molar-refractivity contribution >= 4 is 55.8 Å². The van der Waals surface area contributed by atoms with E-state index in [-0.39, 0.29) is 12.0 Å². The SMILES string of the molecule is O=C(c1cc(Cl)cc(Cl)c1)N(CC1CCCO1)c1nc2ccccc2s1. The zero-order valence-corrected chi connectivity index (χ0v) is 16.2. The van der Waals surface area contributed by atoms with Gasteiger partial charge in [-0.3, -0.25) is 9.69 Å². The predicted molar refractivity (Wildman–Crippen MR) is 107 cm³/mol. The first-order chi connectivity index (χ1) is 12.6. The number of benzene rings is 2. The Kier molecular flexibility index (Phi) is 5.14. The number of halogens is 2. The Morgan fingerprint density at radius 2 is 2.00 bits per heavy atom. The van der Waals surface area contributed by atoms with Crippen LogP contribution < -0.4 is 4.90 Å². The second-order valence-electron chi connectivity index (χ2n) is 6.17. The van der Waals surface area contributed by atoms with Crippen LogP contribution in [0.2, 0.25) is 10.0 Å². The van der Waals surface area contributed by atoms with Crippen molar-refractivity contribution in [1.29, 1.82) is 0 Å². The second kappa shape index (κ2) is 7.53. The third-order valence-electron chi connectivity index (χ3n) is 4.28. The predicted octanol–water partition coefficient (Wildman–Crippen LogP) is 5.43. The number of aromatic nitrogens is 1. The van der Waals surface area contributed by atoms with Crippen LogP contribution in [0.4, 0.5) is 5.13 Å². The number of hydrogen-bond donors (Lipinski definition) is 0. The van der Waals surface area contributed by atoms with E-state index in [2.05, 4.69) is 4.98 Å². The molecule has 0 spiro atoms. The van der Waals surface area contributed by atoms with Gasteiger partial charge in [0.1, 0.15) is 0 Å². The highest BCUT2D eigenvalue weighted by Gasteiger charge is 2.27. The molecule has 1 fully saturated rings. The summed E-state index contributed by atoms with van der Waals surface area (Å²) in [6.07, 6.45) is 1.96. The quantitative estimate of drug-likeness (QED) is 0.579. The van der Waals surface area contributed by atoms with E-state index in [1.165, 1.54) is 11.3 Å². The minimum Gasteiger partial charge on any atom is -0.376 e. The number of hydrogen-bond acceptors (Lipinski definition) is 4. The maximum Gasteiger partial charge on any atom is 0.260 e. The van der Waals surface area contributed by atoms with Crippen molar-refractivity contribution in [2.45, 2.75) is 18.9 Å². The van der Waals surface area contributed by atoms with Gasteiger partial charge in [0.25, 0.3) is 5.91 Å². The molecule has 3 aromatic rings. The summed E-state index contributed by atoms with van der Waals surface area (Å²) in [5.74, 6) is -0.177. The molecule has 0 N–H and O–H groups in total. The average molecular weight is 407 g/mol. The van der Waals surface area contributed by atoms with E-state index >= 15 is 0 Å². The molecule has 0 radical (unpaired) electrons. The Morgan fingerprint density at radius 3 is 2.69 bits per heavy atom. The molecule has 1 aliphatic heterocycles. The third kappa shape index (κ3) is 3.71. The van der Waals surface area contributed by atoms with Crippen molar-refractivity contribution in [3.05, 3.63) is 58.1 Å². The van der Waals surface area contributed by atoms with Crippen LogP contribution in [0.3, 0.4) is 0 Å². The Labute approximate surface area is 165 Å². The summed E-state index contributed by atoms with van der Waals surface area (Å²) in [7, 11) is 0. The van der Waals surface area contributed by atoms with Crippen LogP contribution in [0, 0.1) is 0 Å². The summed E-state index contributed by atoms with van der Waals surface area (Å²) in [4.78, 5) is 19.6. The summed E-state index contributed by atoms with van der Waals surface area (Å²) < 4.78 is 6.78. The van der Waals surface area contributed by atoms with Crippen molar-refractivity contribution in [3.63, 3.8) is 0 Å². The monoisotopic (exact) mass is 406 g/mol. The minimum absolute atomic E-state index is 0.0145. The van der Waals surface area contributed by atoms with E-state index in [1.54, 1.807) is 23.1 Å². The van der Waals surface area contributed by atoms with E-state index in [0.717, 1.165) is 29.7 Å². The molecule has 134 valence electrons. The van der Waals surface area contributed by atoms with Gasteiger partial charge in [0, 0.05) is 22.2 Å². The number of para-hydroxylation sites is 1. The lowest BCUT2D eigenvalue weighted by atomic mass is 10.1. The van der Waals surface area contributed by atoms with Crippen molar-refractivity contribution in [2.75, 3.05) is 18.1 Å². The lowest BCUT2D eigenvalue weighted by Crippen LogP contribution is -2.37.